The highest BCUT2D eigenvalue weighted by molar-refractivity contribution is 6.04. The van der Waals surface area contributed by atoms with Crippen LogP contribution >= 0.6 is 0 Å². The number of pyridine rings is 1. The van der Waals surface area contributed by atoms with E-state index in [9.17, 15) is 9.59 Å². The molecule has 214 valence electrons. The van der Waals surface area contributed by atoms with Crippen LogP contribution in [0.2, 0.25) is 0 Å². The minimum atomic E-state index is -0.608. The molecule has 1 saturated heterocycles. The molecular weight excluding hydrogens is 522 g/mol. The molecule has 0 aliphatic carbocycles. The molecule has 0 radical (unpaired) electrons. The summed E-state index contributed by atoms with van der Waals surface area (Å²) in [6, 6.07) is 15.2. The molecule has 4 aromatic rings. The molecule has 1 unspecified atom stereocenters. The average Bonchev–Trinajstić information content (AvgIpc) is 3.40. The molecule has 1 atom stereocenters. The van der Waals surface area contributed by atoms with Gasteiger partial charge in [0.15, 0.2) is 0 Å². The van der Waals surface area contributed by atoms with Gasteiger partial charge in [-0.15, -0.1) is 0 Å². The topological polar surface area (TPSA) is 109 Å². The maximum Gasteiger partial charge on any atom is 0.411 e. The van der Waals surface area contributed by atoms with Crippen molar-refractivity contribution in [3.05, 3.63) is 66.5 Å². The van der Waals surface area contributed by atoms with E-state index in [1.807, 2.05) is 49.5 Å². The molecule has 1 fully saturated rings. The van der Waals surface area contributed by atoms with Crippen molar-refractivity contribution in [2.24, 2.45) is 0 Å². The van der Waals surface area contributed by atoms with Gasteiger partial charge >= 0.3 is 6.09 Å². The maximum atomic E-state index is 13.2. The zero-order valence-corrected chi connectivity index (χ0v) is 23.8. The Morgan fingerprint density at radius 1 is 1.10 bits per heavy atom. The van der Waals surface area contributed by atoms with Gasteiger partial charge in [0.2, 0.25) is 0 Å². The smallest absolute Gasteiger partial charge is 0.411 e. The summed E-state index contributed by atoms with van der Waals surface area (Å²) >= 11 is 0. The number of carbonyl (C=O) groups excluding carboxylic acids is 2. The van der Waals surface area contributed by atoms with Crippen LogP contribution < -0.4 is 10.1 Å². The third-order valence-electron chi connectivity index (χ3n) is 7.08. The minimum absolute atomic E-state index is 0.242. The van der Waals surface area contributed by atoms with Crippen molar-refractivity contribution in [3.8, 4) is 28.0 Å². The summed E-state index contributed by atoms with van der Waals surface area (Å²) in [5, 5.41) is 3.70. The molecule has 2 aromatic heterocycles. The van der Waals surface area contributed by atoms with Gasteiger partial charge in [-0.05, 0) is 36.8 Å². The number of para-hydroxylation sites is 1. The predicted molar refractivity (Wildman–Crippen MR) is 158 cm³/mol. The van der Waals surface area contributed by atoms with Crippen LogP contribution in [0.1, 0.15) is 17.3 Å². The molecule has 10 heteroatoms. The Balaban J connectivity index is 1.41. The van der Waals surface area contributed by atoms with Gasteiger partial charge in [-0.2, -0.15) is 0 Å². The lowest BCUT2D eigenvalue weighted by atomic mass is 9.99. The second-order valence-corrected chi connectivity index (χ2v) is 10.2. The lowest BCUT2D eigenvalue weighted by Gasteiger charge is -2.28. The normalized spacial score (nSPS) is 14.4. The highest BCUT2D eigenvalue weighted by Gasteiger charge is 2.21. The molecule has 10 nitrogen and oxygen atoms in total. The number of fused-ring (bicyclic) bond motifs is 1. The van der Waals surface area contributed by atoms with Crippen molar-refractivity contribution in [2.75, 3.05) is 59.4 Å². The molecule has 0 bridgehead atoms. The van der Waals surface area contributed by atoms with Crippen LogP contribution in [0.5, 0.6) is 5.75 Å². The van der Waals surface area contributed by atoms with E-state index in [1.165, 1.54) is 4.90 Å². The van der Waals surface area contributed by atoms with E-state index in [0.717, 1.165) is 52.1 Å². The maximum absolute atomic E-state index is 13.2. The quantitative estimate of drug-likeness (QED) is 0.318. The highest BCUT2D eigenvalue weighted by atomic mass is 16.6. The first-order valence-electron chi connectivity index (χ1n) is 13.6. The summed E-state index contributed by atoms with van der Waals surface area (Å²) < 4.78 is 16.6. The number of methoxy groups -OCH3 is 1. The van der Waals surface area contributed by atoms with Crippen LogP contribution in [0.3, 0.4) is 0 Å². The van der Waals surface area contributed by atoms with Crippen LogP contribution in [0.15, 0.2) is 60.9 Å². The molecule has 41 heavy (non-hydrogen) atoms. The zero-order valence-electron chi connectivity index (χ0n) is 23.8. The summed E-state index contributed by atoms with van der Waals surface area (Å²) in [7, 11) is 5.00. The van der Waals surface area contributed by atoms with Gasteiger partial charge in [-0.3, -0.25) is 15.0 Å². The van der Waals surface area contributed by atoms with Crippen molar-refractivity contribution in [1.29, 1.82) is 0 Å². The van der Waals surface area contributed by atoms with Crippen molar-refractivity contribution >= 4 is 28.7 Å². The number of aromatic amines is 1. The molecule has 1 aliphatic rings. The number of morpholine rings is 1. The van der Waals surface area contributed by atoms with Crippen molar-refractivity contribution < 1.29 is 23.8 Å². The standard InChI is InChI=1S/C31H35N5O5/c1-20(19-36-11-13-40-14-12-36)41-31(38)34-27-10-9-21(15-25(27)30(37)35(2)3)22-16-24-26(18-33-29(24)32-17-22)23-7-5-6-8-28(23)39-4/h5-10,15-18,20H,11-14,19H2,1-4H3,(H,32,33)(H,34,38). The number of hydrogen-bond donors (Lipinski definition) is 2. The van der Waals surface area contributed by atoms with Crippen molar-refractivity contribution in [1.82, 2.24) is 19.8 Å². The Labute approximate surface area is 239 Å². The van der Waals surface area contributed by atoms with E-state index in [1.54, 1.807) is 39.5 Å². The van der Waals surface area contributed by atoms with Crippen LogP contribution in [0, 0.1) is 0 Å². The van der Waals surface area contributed by atoms with E-state index in [-0.39, 0.29) is 12.0 Å². The van der Waals surface area contributed by atoms with Crippen LogP contribution in [-0.4, -0.2) is 91.9 Å². The zero-order chi connectivity index (χ0) is 28.9. The fraction of sp³-hybridized carbons (Fsp3) is 0.323. The number of rotatable bonds is 8. The largest absolute Gasteiger partial charge is 0.496 e. The van der Waals surface area contributed by atoms with Gasteiger partial charge in [0, 0.05) is 68.2 Å². The third kappa shape index (κ3) is 6.34. The van der Waals surface area contributed by atoms with E-state index in [0.29, 0.717) is 31.0 Å². The minimum Gasteiger partial charge on any atom is -0.496 e. The van der Waals surface area contributed by atoms with Gasteiger partial charge < -0.3 is 24.1 Å². The summed E-state index contributed by atoms with van der Waals surface area (Å²) in [6.45, 7) is 5.44. The number of nitrogens with one attached hydrogen (secondary N) is 2. The Morgan fingerprint density at radius 3 is 2.63 bits per heavy atom. The van der Waals surface area contributed by atoms with Crippen molar-refractivity contribution in [3.63, 3.8) is 0 Å². The first kappa shape index (κ1) is 28.1. The summed E-state index contributed by atoms with van der Waals surface area (Å²) in [5.74, 6) is 0.521. The number of H-pyrrole nitrogens is 1. The number of hydrogen-bond acceptors (Lipinski definition) is 7. The number of anilines is 1. The van der Waals surface area contributed by atoms with Gasteiger partial charge in [0.05, 0.1) is 31.6 Å². The Kier molecular flexibility index (Phi) is 8.51. The highest BCUT2D eigenvalue weighted by Crippen LogP contribution is 2.36. The molecular formula is C31H35N5O5. The summed E-state index contributed by atoms with van der Waals surface area (Å²) in [4.78, 5) is 37.5. The summed E-state index contributed by atoms with van der Waals surface area (Å²) in [5.41, 5.74) is 5.00. The lowest BCUT2D eigenvalue weighted by molar-refractivity contribution is 0.0148. The Bertz CT molecular complexity index is 1540. The number of aromatic nitrogens is 2. The molecule has 2 aromatic carbocycles. The van der Waals surface area contributed by atoms with Crippen LogP contribution in [0.25, 0.3) is 33.3 Å². The van der Waals surface area contributed by atoms with Crippen LogP contribution in [-0.2, 0) is 9.47 Å². The van der Waals surface area contributed by atoms with Crippen molar-refractivity contribution in [2.45, 2.75) is 13.0 Å². The van der Waals surface area contributed by atoms with Crippen LogP contribution in [0.4, 0.5) is 10.5 Å². The SMILES string of the molecule is COc1ccccc1-c1c[nH]c2ncc(-c3ccc(NC(=O)OC(C)CN4CCOCC4)c(C(=O)N(C)C)c3)cc12. The lowest BCUT2D eigenvalue weighted by Crippen LogP contribution is -2.41. The fourth-order valence-corrected chi connectivity index (χ4v) is 5.01. The Hall–Kier alpha value is -4.41. The molecule has 2 N–H and O–H groups in total. The molecule has 2 amide bonds. The average molecular weight is 558 g/mol. The number of ether oxygens (including phenoxy) is 3. The second-order valence-electron chi connectivity index (χ2n) is 10.2. The van der Waals surface area contributed by atoms with Gasteiger partial charge in [0.25, 0.3) is 5.91 Å². The van der Waals surface area contributed by atoms with E-state index >= 15 is 0 Å². The second kappa shape index (κ2) is 12.4. The first-order valence-corrected chi connectivity index (χ1v) is 13.6. The van der Waals surface area contributed by atoms with E-state index < -0.39 is 6.09 Å². The number of carbonyl (C=O) groups is 2. The van der Waals surface area contributed by atoms with E-state index in [2.05, 4.69) is 20.2 Å². The molecule has 1 aliphatic heterocycles. The predicted octanol–water partition coefficient (Wildman–Crippen LogP) is 4.88. The molecule has 0 saturated carbocycles. The molecule has 5 rings (SSSR count). The third-order valence-corrected chi connectivity index (χ3v) is 7.08. The summed E-state index contributed by atoms with van der Waals surface area (Å²) in [6.07, 6.45) is 2.75. The van der Waals surface area contributed by atoms with Gasteiger partial charge in [-0.25, -0.2) is 9.78 Å². The number of nitrogens with zero attached hydrogens (tertiary/aromatic N) is 3. The number of benzene rings is 2. The van der Waals surface area contributed by atoms with Gasteiger partial charge in [-0.1, -0.05) is 24.3 Å². The molecule has 3 heterocycles. The number of amides is 2. The Morgan fingerprint density at radius 2 is 1.88 bits per heavy atom. The fourth-order valence-electron chi connectivity index (χ4n) is 5.01. The van der Waals surface area contributed by atoms with E-state index in [4.69, 9.17) is 14.2 Å². The molecule has 0 spiro atoms. The van der Waals surface area contributed by atoms with Gasteiger partial charge in [0.1, 0.15) is 17.5 Å². The first-order chi connectivity index (χ1) is 19.8. The monoisotopic (exact) mass is 557 g/mol.